The van der Waals surface area contributed by atoms with E-state index in [-0.39, 0.29) is 6.10 Å². The Labute approximate surface area is 87.1 Å². The molecule has 0 aromatic carbocycles. The second-order valence-corrected chi connectivity index (χ2v) is 4.15. The Bertz CT molecular complexity index is 133. The molecule has 3 nitrogen and oxygen atoms in total. The molecule has 1 unspecified atom stereocenters. The van der Waals surface area contributed by atoms with Gasteiger partial charge < -0.3 is 14.7 Å². The highest BCUT2D eigenvalue weighted by molar-refractivity contribution is 4.67. The molecule has 0 aromatic rings. The van der Waals surface area contributed by atoms with Crippen LogP contribution in [-0.2, 0) is 4.74 Å². The van der Waals surface area contributed by atoms with E-state index < -0.39 is 0 Å². The van der Waals surface area contributed by atoms with Gasteiger partial charge in [-0.2, -0.15) is 0 Å². The van der Waals surface area contributed by atoms with Gasteiger partial charge in [0.25, 0.3) is 0 Å². The summed E-state index contributed by atoms with van der Waals surface area (Å²) in [6.07, 6.45) is 5.82. The van der Waals surface area contributed by atoms with Crippen molar-refractivity contribution in [2.24, 2.45) is 0 Å². The van der Waals surface area contributed by atoms with Crippen LogP contribution in [0, 0.1) is 0 Å². The molecule has 1 rings (SSSR count). The van der Waals surface area contributed by atoms with Crippen molar-refractivity contribution in [3.05, 3.63) is 0 Å². The van der Waals surface area contributed by atoms with E-state index in [4.69, 9.17) is 4.74 Å². The van der Waals surface area contributed by atoms with Crippen LogP contribution < -0.4 is 0 Å². The van der Waals surface area contributed by atoms with Gasteiger partial charge in [0.05, 0.1) is 6.10 Å². The van der Waals surface area contributed by atoms with E-state index in [1.807, 2.05) is 0 Å². The van der Waals surface area contributed by atoms with E-state index in [1.165, 1.54) is 25.7 Å². The molecule has 0 amide bonds. The molecule has 0 aromatic heterocycles. The number of likely N-dealkylation sites (tertiary alicyclic amines) is 1. The van der Waals surface area contributed by atoms with Crippen molar-refractivity contribution in [1.82, 2.24) is 4.90 Å². The van der Waals surface area contributed by atoms with Crippen molar-refractivity contribution < 1.29 is 9.84 Å². The minimum Gasteiger partial charge on any atom is -0.392 e. The summed E-state index contributed by atoms with van der Waals surface area (Å²) >= 11 is 0. The zero-order valence-corrected chi connectivity index (χ0v) is 9.24. The smallest absolute Gasteiger partial charge is 0.0689 e. The molecule has 0 aliphatic carbocycles. The molecule has 0 saturated carbocycles. The average Bonchev–Trinajstić information content (AvgIpc) is 2.43. The van der Waals surface area contributed by atoms with Gasteiger partial charge in [-0.15, -0.1) is 0 Å². The Hall–Kier alpha value is -0.120. The van der Waals surface area contributed by atoms with Gasteiger partial charge in [0.1, 0.15) is 0 Å². The summed E-state index contributed by atoms with van der Waals surface area (Å²) < 4.78 is 4.95. The van der Waals surface area contributed by atoms with Gasteiger partial charge in [0.15, 0.2) is 0 Å². The monoisotopic (exact) mass is 201 g/mol. The molecule has 0 radical (unpaired) electrons. The van der Waals surface area contributed by atoms with Crippen molar-refractivity contribution >= 4 is 0 Å². The van der Waals surface area contributed by atoms with Gasteiger partial charge >= 0.3 is 0 Å². The molecule has 3 heteroatoms. The Kier molecular flexibility index (Phi) is 6.15. The van der Waals surface area contributed by atoms with Crippen LogP contribution in [-0.4, -0.2) is 49.5 Å². The summed E-state index contributed by atoms with van der Waals surface area (Å²) in [5.41, 5.74) is 0. The van der Waals surface area contributed by atoms with E-state index >= 15 is 0 Å². The molecule has 1 aliphatic heterocycles. The molecule has 1 aliphatic rings. The number of ether oxygens (including phenoxy) is 1. The zero-order valence-electron chi connectivity index (χ0n) is 9.24. The average molecular weight is 201 g/mol. The van der Waals surface area contributed by atoms with Crippen molar-refractivity contribution in [3.63, 3.8) is 0 Å². The topological polar surface area (TPSA) is 32.7 Å². The Morgan fingerprint density at radius 3 is 2.43 bits per heavy atom. The highest BCUT2D eigenvalue weighted by atomic mass is 16.5. The maximum atomic E-state index is 9.70. The first kappa shape index (κ1) is 12.0. The first-order chi connectivity index (χ1) is 6.83. The highest BCUT2D eigenvalue weighted by Crippen LogP contribution is 2.10. The van der Waals surface area contributed by atoms with Gasteiger partial charge in [-0.25, -0.2) is 0 Å². The van der Waals surface area contributed by atoms with Gasteiger partial charge in [0.2, 0.25) is 0 Å². The summed E-state index contributed by atoms with van der Waals surface area (Å²) in [5, 5.41) is 9.70. The summed E-state index contributed by atoms with van der Waals surface area (Å²) in [5.74, 6) is 0. The maximum absolute atomic E-state index is 9.70. The largest absolute Gasteiger partial charge is 0.392 e. The van der Waals surface area contributed by atoms with Gasteiger partial charge in [-0.05, 0) is 32.4 Å². The van der Waals surface area contributed by atoms with Crippen LogP contribution in [0.15, 0.2) is 0 Å². The van der Waals surface area contributed by atoms with Crippen molar-refractivity contribution in [3.8, 4) is 0 Å². The third-order valence-electron chi connectivity index (χ3n) is 2.82. The number of aliphatic hydroxyl groups excluding tert-OH is 1. The van der Waals surface area contributed by atoms with Crippen LogP contribution in [0.1, 0.15) is 32.1 Å². The summed E-state index contributed by atoms with van der Waals surface area (Å²) in [7, 11) is 1.68. The molecule has 1 N–H and O–H groups in total. The van der Waals surface area contributed by atoms with Crippen LogP contribution in [0.3, 0.4) is 0 Å². The molecule has 84 valence electrons. The molecule has 1 fully saturated rings. The summed E-state index contributed by atoms with van der Waals surface area (Å²) in [6.45, 7) is 3.80. The number of β-amino-alcohol motifs (C(OH)–C–C–N with tert-alkyl or cyclic N) is 1. The lowest BCUT2D eigenvalue weighted by atomic mass is 10.2. The summed E-state index contributed by atoms with van der Waals surface area (Å²) in [4.78, 5) is 2.38. The lowest BCUT2D eigenvalue weighted by Gasteiger charge is -2.22. The predicted octanol–water partition coefficient (Wildman–Crippen LogP) is 1.26. The normalized spacial score (nSPS) is 21.9. The third kappa shape index (κ3) is 4.94. The molecule has 1 saturated heterocycles. The molecular formula is C11H23NO2. The van der Waals surface area contributed by atoms with Crippen LogP contribution >= 0.6 is 0 Å². The van der Waals surface area contributed by atoms with Gasteiger partial charge in [-0.3, -0.25) is 0 Å². The Morgan fingerprint density at radius 1 is 1.21 bits per heavy atom. The second kappa shape index (κ2) is 7.21. The zero-order chi connectivity index (χ0) is 10.2. The van der Waals surface area contributed by atoms with Crippen LogP contribution in [0.2, 0.25) is 0 Å². The van der Waals surface area contributed by atoms with Crippen LogP contribution in [0.4, 0.5) is 0 Å². The number of hydrogen-bond donors (Lipinski definition) is 1. The van der Waals surface area contributed by atoms with Crippen LogP contribution in [0.5, 0.6) is 0 Å². The van der Waals surface area contributed by atoms with Crippen molar-refractivity contribution in [2.75, 3.05) is 33.4 Å². The number of aliphatic hydroxyl groups is 1. The minimum absolute atomic E-state index is 0.215. The van der Waals surface area contributed by atoms with Crippen molar-refractivity contribution in [1.29, 1.82) is 0 Å². The number of nitrogens with zero attached hydrogens (tertiary/aromatic N) is 1. The van der Waals surface area contributed by atoms with E-state index in [1.54, 1.807) is 7.11 Å². The van der Waals surface area contributed by atoms with E-state index in [0.717, 1.165) is 26.1 Å². The standard InChI is InChI=1S/C11H23NO2/c1-14-9-6-11(13)10-12-7-4-2-3-5-8-12/h11,13H,2-10H2,1H3. The van der Waals surface area contributed by atoms with E-state index in [2.05, 4.69) is 4.90 Å². The van der Waals surface area contributed by atoms with Crippen LogP contribution in [0.25, 0.3) is 0 Å². The van der Waals surface area contributed by atoms with Crippen molar-refractivity contribution in [2.45, 2.75) is 38.2 Å². The molecular weight excluding hydrogens is 178 g/mol. The van der Waals surface area contributed by atoms with Gasteiger partial charge in [0, 0.05) is 20.3 Å². The molecule has 14 heavy (non-hydrogen) atoms. The van der Waals surface area contributed by atoms with Gasteiger partial charge in [-0.1, -0.05) is 12.8 Å². The fourth-order valence-electron chi connectivity index (χ4n) is 1.96. The fourth-order valence-corrected chi connectivity index (χ4v) is 1.96. The minimum atomic E-state index is -0.215. The molecule has 1 heterocycles. The first-order valence-corrected chi connectivity index (χ1v) is 5.72. The number of rotatable bonds is 5. The fraction of sp³-hybridized carbons (Fsp3) is 1.00. The lowest BCUT2D eigenvalue weighted by Crippen LogP contribution is -2.33. The SMILES string of the molecule is COCCC(O)CN1CCCCCC1. The van der Waals surface area contributed by atoms with E-state index in [0.29, 0.717) is 6.61 Å². The Morgan fingerprint density at radius 2 is 1.86 bits per heavy atom. The third-order valence-corrected chi connectivity index (χ3v) is 2.82. The molecule has 0 spiro atoms. The quantitative estimate of drug-likeness (QED) is 0.727. The first-order valence-electron chi connectivity index (χ1n) is 5.72. The second-order valence-electron chi connectivity index (χ2n) is 4.15. The maximum Gasteiger partial charge on any atom is 0.0689 e. The number of hydrogen-bond acceptors (Lipinski definition) is 3. The molecule has 1 atom stereocenters. The molecule has 0 bridgehead atoms. The lowest BCUT2D eigenvalue weighted by molar-refractivity contribution is 0.0767. The van der Waals surface area contributed by atoms with E-state index in [9.17, 15) is 5.11 Å². The number of methoxy groups -OCH3 is 1. The predicted molar refractivity (Wildman–Crippen MR) is 57.4 cm³/mol. The Balaban J connectivity index is 2.13. The highest BCUT2D eigenvalue weighted by Gasteiger charge is 2.13. The summed E-state index contributed by atoms with van der Waals surface area (Å²) in [6, 6.07) is 0.